The van der Waals surface area contributed by atoms with E-state index in [4.69, 9.17) is 5.11 Å². The van der Waals surface area contributed by atoms with Crippen molar-refractivity contribution >= 4 is 23.5 Å². The van der Waals surface area contributed by atoms with Gasteiger partial charge in [-0.25, -0.2) is 4.79 Å². The zero-order valence-electron chi connectivity index (χ0n) is 8.48. The Bertz CT molecular complexity index is 347. The van der Waals surface area contributed by atoms with Crippen LogP contribution in [0.3, 0.4) is 0 Å². The van der Waals surface area contributed by atoms with E-state index in [0.717, 1.165) is 0 Å². The Morgan fingerprint density at radius 3 is 2.73 bits per heavy atom. The topological polar surface area (TPSA) is 69.6 Å². The molecule has 0 saturated heterocycles. The summed E-state index contributed by atoms with van der Waals surface area (Å²) >= 11 is 1.20. The molecule has 0 amide bonds. The Kier molecular flexibility index (Phi) is 3.93. The zero-order valence-corrected chi connectivity index (χ0v) is 9.30. The van der Waals surface area contributed by atoms with E-state index in [9.17, 15) is 9.59 Å². The molecule has 1 heterocycles. The number of aliphatic carboxylic acids is 1. The molecule has 6 heteroatoms. The summed E-state index contributed by atoms with van der Waals surface area (Å²) in [5.41, 5.74) is 0.101. The van der Waals surface area contributed by atoms with Gasteiger partial charge >= 0.3 is 5.97 Å². The van der Waals surface area contributed by atoms with Crippen LogP contribution in [0.2, 0.25) is 0 Å². The molecule has 1 rings (SSSR count). The van der Waals surface area contributed by atoms with E-state index in [1.165, 1.54) is 23.2 Å². The third-order valence-electron chi connectivity index (χ3n) is 1.56. The van der Waals surface area contributed by atoms with E-state index >= 15 is 0 Å². The summed E-state index contributed by atoms with van der Waals surface area (Å²) in [5, 5.41) is 13.3. The minimum absolute atomic E-state index is 0.0601. The van der Waals surface area contributed by atoms with Gasteiger partial charge in [0.25, 0.3) is 0 Å². The molecule has 0 aromatic carbocycles. The molecule has 0 atom stereocenters. The van der Waals surface area contributed by atoms with E-state index in [0.29, 0.717) is 11.6 Å². The number of carboxylic acid groups (broad SMARTS) is 1. The van der Waals surface area contributed by atoms with Gasteiger partial charge in [0, 0.05) is 11.5 Å². The van der Waals surface area contributed by atoms with Crippen molar-refractivity contribution in [2.75, 3.05) is 20.6 Å². The lowest BCUT2D eigenvalue weighted by Crippen LogP contribution is -2.21. The van der Waals surface area contributed by atoms with Crippen molar-refractivity contribution in [1.82, 2.24) is 10.2 Å². The minimum Gasteiger partial charge on any atom is -0.477 e. The van der Waals surface area contributed by atoms with Crippen molar-refractivity contribution in [3.8, 4) is 0 Å². The average Bonchev–Trinajstić information content (AvgIpc) is 2.50. The second kappa shape index (κ2) is 4.99. The van der Waals surface area contributed by atoms with Gasteiger partial charge in [-0.1, -0.05) is 11.8 Å². The van der Waals surface area contributed by atoms with Crippen molar-refractivity contribution in [2.45, 2.75) is 0 Å². The summed E-state index contributed by atoms with van der Waals surface area (Å²) in [6, 6.07) is 0. The smallest absolute Gasteiger partial charge is 0.352 e. The first kappa shape index (κ1) is 11.8. The van der Waals surface area contributed by atoms with Crippen LogP contribution in [0, 0.1) is 0 Å². The lowest BCUT2D eigenvalue weighted by molar-refractivity contribution is -0.133. The highest BCUT2D eigenvalue weighted by molar-refractivity contribution is 8.06. The third-order valence-corrected chi connectivity index (χ3v) is 2.38. The monoisotopic (exact) mass is 228 g/mol. The number of carbonyl (C=O) groups is 2. The molecule has 0 bridgehead atoms. The highest BCUT2D eigenvalue weighted by Gasteiger charge is 2.16. The lowest BCUT2D eigenvalue weighted by Gasteiger charge is -2.06. The fraction of sp³-hybridized carbons (Fsp3) is 0.333. The second-order valence-electron chi connectivity index (χ2n) is 3.29. The molecular formula is C9H12N2O3S. The van der Waals surface area contributed by atoms with Crippen molar-refractivity contribution in [1.29, 1.82) is 0 Å². The number of likely N-dealkylation sites (N-methyl/N-ethyl adjacent to an activating group) is 1. The van der Waals surface area contributed by atoms with Crippen LogP contribution < -0.4 is 5.32 Å². The fourth-order valence-electron chi connectivity index (χ4n) is 0.992. The number of rotatable bonds is 4. The first-order valence-electron chi connectivity index (χ1n) is 4.25. The van der Waals surface area contributed by atoms with Gasteiger partial charge in [-0.3, -0.25) is 4.79 Å². The summed E-state index contributed by atoms with van der Waals surface area (Å²) in [7, 11) is 3.60. The van der Waals surface area contributed by atoms with E-state index < -0.39 is 5.97 Å². The molecule has 82 valence electrons. The molecule has 1 aliphatic heterocycles. The number of hydrogen-bond acceptors (Lipinski definition) is 5. The molecule has 1 aliphatic rings. The molecule has 0 aliphatic carbocycles. The molecule has 15 heavy (non-hydrogen) atoms. The predicted molar refractivity (Wildman–Crippen MR) is 58.1 cm³/mol. The van der Waals surface area contributed by atoms with Gasteiger partial charge in [0.05, 0.1) is 11.6 Å². The summed E-state index contributed by atoms with van der Waals surface area (Å²) in [6.45, 7) is 0.314. The van der Waals surface area contributed by atoms with Crippen LogP contribution in [0.25, 0.3) is 0 Å². The van der Waals surface area contributed by atoms with E-state index in [1.54, 1.807) is 19.0 Å². The maximum absolute atomic E-state index is 11.3. The zero-order chi connectivity index (χ0) is 11.4. The quantitative estimate of drug-likeness (QED) is 0.671. The summed E-state index contributed by atoms with van der Waals surface area (Å²) in [4.78, 5) is 23.6. The molecule has 0 fully saturated rings. The highest BCUT2D eigenvalue weighted by atomic mass is 32.2. The maximum Gasteiger partial charge on any atom is 0.352 e. The summed E-state index contributed by atoms with van der Waals surface area (Å²) in [6.07, 6.45) is 1.41. The number of thioether (sulfide) groups is 1. The Morgan fingerprint density at radius 2 is 2.27 bits per heavy atom. The van der Waals surface area contributed by atoms with Crippen LogP contribution in [0.15, 0.2) is 22.2 Å². The van der Waals surface area contributed by atoms with Gasteiger partial charge in [-0.05, 0) is 14.1 Å². The number of carbonyl (C=O) groups excluding carboxylic acids is 1. The van der Waals surface area contributed by atoms with Crippen LogP contribution in [0.5, 0.6) is 0 Å². The van der Waals surface area contributed by atoms with Gasteiger partial charge in [0.1, 0.15) is 5.70 Å². The van der Waals surface area contributed by atoms with E-state index in [2.05, 4.69) is 5.32 Å². The largest absolute Gasteiger partial charge is 0.477 e. The number of carboxylic acids is 1. The van der Waals surface area contributed by atoms with E-state index in [-0.39, 0.29) is 11.5 Å². The highest BCUT2D eigenvalue weighted by Crippen LogP contribution is 2.23. The SMILES string of the molecule is CN(C)CC(=O)/C=C1\NC(C(=O)O)=CS1. The second-order valence-corrected chi connectivity index (χ2v) is 4.20. The molecular weight excluding hydrogens is 216 g/mol. The van der Waals surface area contributed by atoms with E-state index in [1.807, 2.05) is 0 Å². The molecule has 0 aromatic rings. The van der Waals surface area contributed by atoms with Crippen LogP contribution in [0.1, 0.15) is 0 Å². The molecule has 0 unspecified atom stereocenters. The van der Waals surface area contributed by atoms with Crippen molar-refractivity contribution in [3.63, 3.8) is 0 Å². The molecule has 0 radical (unpaired) electrons. The molecule has 2 N–H and O–H groups in total. The standard InChI is InChI=1S/C9H12N2O3S/c1-11(2)4-6(12)3-8-10-7(5-15-8)9(13)14/h3,5,10H,4H2,1-2H3,(H,13,14)/b8-3+. The Balaban J connectivity index is 2.52. The van der Waals surface area contributed by atoms with Crippen LogP contribution in [0.4, 0.5) is 0 Å². The normalized spacial score (nSPS) is 17.8. The maximum atomic E-state index is 11.3. The van der Waals surface area contributed by atoms with Crippen LogP contribution >= 0.6 is 11.8 Å². The number of nitrogens with one attached hydrogen (secondary N) is 1. The first-order chi connectivity index (χ1) is 6.99. The number of nitrogens with zero attached hydrogens (tertiary/aromatic N) is 1. The Hall–Kier alpha value is -1.27. The summed E-state index contributed by atoms with van der Waals surface area (Å²) in [5.74, 6) is -1.08. The van der Waals surface area contributed by atoms with Crippen molar-refractivity contribution < 1.29 is 14.7 Å². The number of hydrogen-bond donors (Lipinski definition) is 2. The van der Waals surface area contributed by atoms with Gasteiger partial charge < -0.3 is 15.3 Å². The predicted octanol–water partition coefficient (Wildman–Crippen LogP) is 0.221. The summed E-state index contributed by atoms with van der Waals surface area (Å²) < 4.78 is 0. The van der Waals surface area contributed by atoms with Crippen LogP contribution in [-0.2, 0) is 9.59 Å². The van der Waals surface area contributed by atoms with Gasteiger partial charge in [-0.15, -0.1) is 0 Å². The third kappa shape index (κ3) is 3.77. The molecule has 0 spiro atoms. The van der Waals surface area contributed by atoms with Crippen LogP contribution in [-0.4, -0.2) is 42.4 Å². The Morgan fingerprint density at radius 1 is 1.60 bits per heavy atom. The Labute approximate surface area is 91.8 Å². The fourth-order valence-corrected chi connectivity index (χ4v) is 1.76. The minimum atomic E-state index is -1.02. The average molecular weight is 228 g/mol. The first-order valence-corrected chi connectivity index (χ1v) is 5.13. The lowest BCUT2D eigenvalue weighted by atomic mass is 10.3. The number of ketones is 1. The van der Waals surface area contributed by atoms with Crippen molar-refractivity contribution in [3.05, 3.63) is 22.2 Å². The van der Waals surface area contributed by atoms with Gasteiger partial charge in [-0.2, -0.15) is 0 Å². The molecule has 0 aromatic heterocycles. The van der Waals surface area contributed by atoms with Gasteiger partial charge in [0.15, 0.2) is 5.78 Å². The molecule has 0 saturated carbocycles. The van der Waals surface area contributed by atoms with Gasteiger partial charge in [0.2, 0.25) is 0 Å². The van der Waals surface area contributed by atoms with Crippen molar-refractivity contribution in [2.24, 2.45) is 0 Å². The molecule has 5 nitrogen and oxygen atoms in total.